The number of carbonyl (C=O) groups is 2. The Balaban J connectivity index is 2.39. The molecule has 0 aliphatic carbocycles. The lowest BCUT2D eigenvalue weighted by Gasteiger charge is -2.19. The lowest BCUT2D eigenvalue weighted by molar-refractivity contribution is -0.122. The van der Waals surface area contributed by atoms with E-state index in [9.17, 15) is 14.7 Å². The molecule has 0 unspecified atom stereocenters. The van der Waals surface area contributed by atoms with Crippen LogP contribution in [-0.4, -0.2) is 69.7 Å². The molecular formula is C18H30N4O4. The Morgan fingerprint density at radius 1 is 1.23 bits per heavy atom. The number of pyridine rings is 1. The van der Waals surface area contributed by atoms with Crippen LogP contribution in [0.1, 0.15) is 37.9 Å². The highest BCUT2D eigenvalue weighted by Gasteiger charge is 2.17. The molecule has 0 aliphatic rings. The van der Waals surface area contributed by atoms with Crippen LogP contribution in [-0.2, 0) is 17.9 Å². The van der Waals surface area contributed by atoms with E-state index in [1.165, 1.54) is 6.20 Å². The first-order chi connectivity index (χ1) is 12.5. The van der Waals surface area contributed by atoms with E-state index in [4.69, 9.17) is 5.11 Å². The van der Waals surface area contributed by atoms with Crippen LogP contribution in [0.3, 0.4) is 0 Å². The monoisotopic (exact) mass is 366 g/mol. The molecule has 1 rings (SSSR count). The van der Waals surface area contributed by atoms with Gasteiger partial charge in [0.25, 0.3) is 0 Å². The van der Waals surface area contributed by atoms with E-state index in [1.54, 1.807) is 12.1 Å². The summed E-state index contributed by atoms with van der Waals surface area (Å²) in [7, 11) is 0. The second-order valence-corrected chi connectivity index (χ2v) is 6.04. The molecule has 3 N–H and O–H groups in total. The van der Waals surface area contributed by atoms with Crippen molar-refractivity contribution in [3.63, 3.8) is 0 Å². The quantitative estimate of drug-likeness (QED) is 0.481. The SMILES string of the molecule is CCN(CC)CCCCNC(=O)CN(Cc1cc(CO)ccn1)C(=O)O. The van der Waals surface area contributed by atoms with Crippen LogP contribution < -0.4 is 5.32 Å². The first-order valence-corrected chi connectivity index (χ1v) is 9.01. The molecule has 0 atom stereocenters. The van der Waals surface area contributed by atoms with E-state index in [0.717, 1.165) is 37.4 Å². The number of aliphatic hydroxyl groups is 1. The molecule has 2 amide bonds. The maximum absolute atomic E-state index is 12.0. The largest absolute Gasteiger partial charge is 0.465 e. The zero-order valence-corrected chi connectivity index (χ0v) is 15.6. The second kappa shape index (κ2) is 12.2. The minimum absolute atomic E-state index is 0.00144. The molecule has 8 nitrogen and oxygen atoms in total. The van der Waals surface area contributed by atoms with E-state index in [0.29, 0.717) is 17.8 Å². The van der Waals surface area contributed by atoms with Crippen LogP contribution >= 0.6 is 0 Å². The highest BCUT2D eigenvalue weighted by molar-refractivity contribution is 5.81. The lowest BCUT2D eigenvalue weighted by atomic mass is 10.2. The first kappa shape index (κ1) is 21.9. The fraction of sp³-hybridized carbons (Fsp3) is 0.611. The first-order valence-electron chi connectivity index (χ1n) is 9.01. The van der Waals surface area contributed by atoms with Crippen molar-refractivity contribution in [2.75, 3.05) is 32.7 Å². The van der Waals surface area contributed by atoms with Crippen molar-refractivity contribution in [2.45, 2.75) is 39.8 Å². The Hall–Kier alpha value is -2.19. The van der Waals surface area contributed by atoms with Gasteiger partial charge in [0.2, 0.25) is 5.91 Å². The van der Waals surface area contributed by atoms with Gasteiger partial charge in [0.1, 0.15) is 6.54 Å². The minimum Gasteiger partial charge on any atom is -0.465 e. The van der Waals surface area contributed by atoms with E-state index < -0.39 is 6.09 Å². The smallest absolute Gasteiger partial charge is 0.408 e. The van der Waals surface area contributed by atoms with Crippen molar-refractivity contribution in [3.05, 3.63) is 29.6 Å². The topological polar surface area (TPSA) is 106 Å². The van der Waals surface area contributed by atoms with Crippen molar-refractivity contribution in [3.8, 4) is 0 Å². The summed E-state index contributed by atoms with van der Waals surface area (Å²) in [6.45, 7) is 7.42. The average Bonchev–Trinajstić information content (AvgIpc) is 2.64. The van der Waals surface area contributed by atoms with Gasteiger partial charge in [0.15, 0.2) is 0 Å². The van der Waals surface area contributed by atoms with E-state index in [2.05, 4.69) is 29.0 Å². The molecule has 0 radical (unpaired) electrons. The van der Waals surface area contributed by atoms with Crippen LogP contribution in [0, 0.1) is 0 Å². The molecule has 0 saturated heterocycles. The van der Waals surface area contributed by atoms with Crippen LogP contribution in [0.4, 0.5) is 4.79 Å². The maximum atomic E-state index is 12.0. The number of amides is 2. The third-order valence-electron chi connectivity index (χ3n) is 4.14. The molecule has 0 bridgehead atoms. The van der Waals surface area contributed by atoms with Crippen LogP contribution in [0.5, 0.6) is 0 Å². The number of aromatic nitrogens is 1. The van der Waals surface area contributed by atoms with Gasteiger partial charge in [-0.3, -0.25) is 14.7 Å². The summed E-state index contributed by atoms with van der Waals surface area (Å²) < 4.78 is 0. The normalized spacial score (nSPS) is 10.8. The maximum Gasteiger partial charge on any atom is 0.408 e. The third-order valence-corrected chi connectivity index (χ3v) is 4.14. The molecule has 0 saturated carbocycles. The lowest BCUT2D eigenvalue weighted by Crippen LogP contribution is -2.40. The number of nitrogens with one attached hydrogen (secondary N) is 1. The van der Waals surface area contributed by atoms with Crippen LogP contribution in [0.25, 0.3) is 0 Å². The molecule has 146 valence electrons. The van der Waals surface area contributed by atoms with Crippen molar-refractivity contribution >= 4 is 12.0 Å². The Labute approximate surface area is 154 Å². The molecule has 1 heterocycles. The number of hydrogen-bond acceptors (Lipinski definition) is 5. The Morgan fingerprint density at radius 3 is 2.58 bits per heavy atom. The summed E-state index contributed by atoms with van der Waals surface area (Å²) in [5, 5.41) is 21.2. The number of carboxylic acid groups (broad SMARTS) is 1. The Morgan fingerprint density at radius 2 is 1.96 bits per heavy atom. The summed E-state index contributed by atoms with van der Waals surface area (Å²) in [4.78, 5) is 30.8. The van der Waals surface area contributed by atoms with Gasteiger partial charge in [-0.15, -0.1) is 0 Å². The number of carbonyl (C=O) groups excluding carboxylic acids is 1. The zero-order chi connectivity index (χ0) is 19.4. The number of unbranched alkanes of at least 4 members (excludes halogenated alkanes) is 1. The minimum atomic E-state index is -1.18. The van der Waals surface area contributed by atoms with Gasteiger partial charge in [-0.05, 0) is 50.2 Å². The van der Waals surface area contributed by atoms with E-state index in [-0.39, 0.29) is 25.6 Å². The van der Waals surface area contributed by atoms with Crippen molar-refractivity contribution in [1.82, 2.24) is 20.1 Å². The molecule has 1 aromatic rings. The second-order valence-electron chi connectivity index (χ2n) is 6.04. The predicted molar refractivity (Wildman–Crippen MR) is 98.6 cm³/mol. The highest BCUT2D eigenvalue weighted by Crippen LogP contribution is 2.06. The third kappa shape index (κ3) is 8.26. The summed E-state index contributed by atoms with van der Waals surface area (Å²) in [5.74, 6) is -0.325. The summed E-state index contributed by atoms with van der Waals surface area (Å²) in [6, 6.07) is 3.28. The molecule has 8 heteroatoms. The summed E-state index contributed by atoms with van der Waals surface area (Å²) in [6.07, 6.45) is 2.17. The van der Waals surface area contributed by atoms with Crippen LogP contribution in [0.15, 0.2) is 18.3 Å². The molecule has 0 spiro atoms. The van der Waals surface area contributed by atoms with Gasteiger partial charge < -0.3 is 20.4 Å². The summed E-state index contributed by atoms with van der Waals surface area (Å²) >= 11 is 0. The van der Waals surface area contributed by atoms with Crippen molar-refractivity contribution in [2.24, 2.45) is 0 Å². The Bertz CT molecular complexity index is 564. The number of hydrogen-bond donors (Lipinski definition) is 3. The highest BCUT2D eigenvalue weighted by atomic mass is 16.4. The number of aliphatic hydroxyl groups excluding tert-OH is 1. The van der Waals surface area contributed by atoms with Gasteiger partial charge in [0.05, 0.1) is 18.8 Å². The van der Waals surface area contributed by atoms with E-state index >= 15 is 0 Å². The van der Waals surface area contributed by atoms with Gasteiger partial charge in [-0.25, -0.2) is 4.79 Å². The van der Waals surface area contributed by atoms with Crippen molar-refractivity contribution < 1.29 is 19.8 Å². The van der Waals surface area contributed by atoms with Gasteiger partial charge in [0, 0.05) is 12.7 Å². The predicted octanol–water partition coefficient (Wildman–Crippen LogP) is 1.29. The fourth-order valence-electron chi connectivity index (χ4n) is 2.56. The number of rotatable bonds is 12. The molecule has 0 aromatic carbocycles. The molecule has 1 aromatic heterocycles. The molecule has 0 fully saturated rings. The number of nitrogens with zero attached hydrogens (tertiary/aromatic N) is 3. The van der Waals surface area contributed by atoms with Gasteiger partial charge in [-0.2, -0.15) is 0 Å². The fourth-order valence-corrected chi connectivity index (χ4v) is 2.56. The molecule has 26 heavy (non-hydrogen) atoms. The zero-order valence-electron chi connectivity index (χ0n) is 15.6. The van der Waals surface area contributed by atoms with Gasteiger partial charge >= 0.3 is 6.09 Å². The standard InChI is InChI=1S/C18H30N4O4/c1-3-21(4-2)10-6-5-8-20-17(24)13-22(18(25)26)12-16-11-15(14-23)7-9-19-16/h7,9,11,23H,3-6,8,10,12-14H2,1-2H3,(H,20,24)(H,25,26). The molecule has 0 aliphatic heterocycles. The van der Waals surface area contributed by atoms with E-state index in [1.807, 2.05) is 0 Å². The van der Waals surface area contributed by atoms with Crippen LogP contribution in [0.2, 0.25) is 0 Å². The summed E-state index contributed by atoms with van der Waals surface area (Å²) in [5.41, 5.74) is 1.14. The van der Waals surface area contributed by atoms with Crippen molar-refractivity contribution in [1.29, 1.82) is 0 Å². The van der Waals surface area contributed by atoms with Gasteiger partial charge in [-0.1, -0.05) is 13.8 Å². The Kier molecular flexibility index (Phi) is 10.3. The molecular weight excluding hydrogens is 336 g/mol. The average molecular weight is 366 g/mol.